The number of ether oxygens (including phenoxy) is 2. The number of aromatic hydroxyl groups is 1. The molecule has 4 unspecified atom stereocenters. The molecule has 4 atom stereocenters. The Morgan fingerprint density at radius 2 is 2.02 bits per heavy atom. The molecule has 11 heteroatoms. The molecule has 11 nitrogen and oxygen atoms in total. The van der Waals surface area contributed by atoms with Crippen molar-refractivity contribution in [3.63, 3.8) is 0 Å². The number of piperidine rings is 1. The standard InChI is InChI=1S/C30H46N4O7/c1-4-30(18-34-29(31)32-3)10-5-6-20(26(40-19(2)35)16-22(36)7-11-30)14-21-15-27(25(37)17-24(21)28(38)39)41-23-8-12-33-13-9-23/h15,17,20,22-23,26,28,33,36-39H,4,6-9,11-14,16,18H2,1-3H3,(H3,31,32,34). The summed E-state index contributed by atoms with van der Waals surface area (Å²) in [6.45, 7) is 5.47. The molecular weight excluding hydrogens is 528 g/mol. The van der Waals surface area contributed by atoms with E-state index in [1.165, 1.54) is 13.0 Å². The summed E-state index contributed by atoms with van der Waals surface area (Å²) in [7, 11) is 1.60. The zero-order valence-electron chi connectivity index (χ0n) is 24.4. The second-order valence-electron chi connectivity index (χ2n) is 11.1. The number of aliphatic imine (C=N–C) groups is 1. The quantitative estimate of drug-likeness (QED) is 0.0751. The van der Waals surface area contributed by atoms with Crippen LogP contribution >= 0.6 is 0 Å². The molecule has 0 radical (unpaired) electrons. The second kappa shape index (κ2) is 15.3. The molecule has 0 spiro atoms. The largest absolute Gasteiger partial charge is 0.504 e. The zero-order valence-corrected chi connectivity index (χ0v) is 24.4. The number of benzene rings is 1. The number of aliphatic hydroxyl groups is 3. The number of carbonyl (C=O) groups is 1. The summed E-state index contributed by atoms with van der Waals surface area (Å²) in [5.74, 6) is 6.27. The van der Waals surface area contributed by atoms with Gasteiger partial charge in [-0.2, -0.15) is 0 Å². The summed E-state index contributed by atoms with van der Waals surface area (Å²) >= 11 is 0. The number of nitrogens with zero attached hydrogens (tertiary/aromatic N) is 1. The van der Waals surface area contributed by atoms with Crippen LogP contribution < -0.4 is 21.1 Å². The summed E-state index contributed by atoms with van der Waals surface area (Å²) < 4.78 is 11.8. The molecule has 1 fully saturated rings. The molecule has 1 aliphatic heterocycles. The first-order valence-corrected chi connectivity index (χ1v) is 14.5. The molecule has 0 bridgehead atoms. The highest BCUT2D eigenvalue weighted by Crippen LogP contribution is 2.37. The first kappa shape index (κ1) is 32.5. The fraction of sp³-hybridized carbons (Fsp3) is 0.667. The van der Waals surface area contributed by atoms with Gasteiger partial charge in [0.15, 0.2) is 23.7 Å². The SMILES string of the molecule is CCC1(CNC(N)=NC)C#CCC(Cc2cc(OC3CCNCC3)c(O)cc2C(O)O)C(OC(C)=O)CC(O)CC1. The van der Waals surface area contributed by atoms with Gasteiger partial charge in [0.05, 0.1) is 6.10 Å². The monoisotopic (exact) mass is 574 g/mol. The minimum absolute atomic E-state index is 0.0778. The number of esters is 1. The first-order valence-electron chi connectivity index (χ1n) is 14.5. The predicted octanol–water partition coefficient (Wildman–Crippen LogP) is 1.47. The maximum Gasteiger partial charge on any atom is 0.302 e. The molecule has 1 heterocycles. The van der Waals surface area contributed by atoms with Gasteiger partial charge in [0.1, 0.15) is 12.2 Å². The third-order valence-corrected chi connectivity index (χ3v) is 8.11. The van der Waals surface area contributed by atoms with Crippen molar-refractivity contribution in [2.24, 2.45) is 22.1 Å². The molecule has 0 amide bonds. The molecule has 1 saturated heterocycles. The summed E-state index contributed by atoms with van der Waals surface area (Å²) in [6.07, 6.45) is 0.851. The van der Waals surface area contributed by atoms with Crippen LogP contribution in [-0.2, 0) is 16.0 Å². The average molecular weight is 575 g/mol. The Labute approximate surface area is 242 Å². The van der Waals surface area contributed by atoms with Crippen LogP contribution in [0.15, 0.2) is 17.1 Å². The number of nitrogens with two attached hydrogens (primary N) is 1. The van der Waals surface area contributed by atoms with Crippen molar-refractivity contribution in [1.29, 1.82) is 0 Å². The van der Waals surface area contributed by atoms with Crippen LogP contribution in [0.5, 0.6) is 11.5 Å². The Morgan fingerprint density at radius 1 is 1.29 bits per heavy atom. The number of rotatable bonds is 9. The molecule has 2 aliphatic rings. The number of carbonyl (C=O) groups excluding carboxylic acids is 1. The van der Waals surface area contributed by atoms with Gasteiger partial charge in [-0.15, -0.1) is 5.92 Å². The summed E-state index contributed by atoms with van der Waals surface area (Å²) in [6, 6.07) is 2.94. The normalized spacial score (nSPS) is 26.1. The Balaban J connectivity index is 1.97. The van der Waals surface area contributed by atoms with Gasteiger partial charge >= 0.3 is 5.97 Å². The van der Waals surface area contributed by atoms with Gasteiger partial charge in [-0.05, 0) is 69.3 Å². The third kappa shape index (κ3) is 9.50. The summed E-state index contributed by atoms with van der Waals surface area (Å²) in [4.78, 5) is 16.0. The number of phenols is 1. The van der Waals surface area contributed by atoms with E-state index in [-0.39, 0.29) is 41.9 Å². The van der Waals surface area contributed by atoms with Crippen molar-refractivity contribution in [2.45, 2.75) is 89.8 Å². The molecule has 41 heavy (non-hydrogen) atoms. The molecule has 3 rings (SSSR count). The van der Waals surface area contributed by atoms with Crippen molar-refractivity contribution in [1.82, 2.24) is 10.6 Å². The molecule has 8 N–H and O–H groups in total. The van der Waals surface area contributed by atoms with Gasteiger partial charge in [0, 0.05) is 50.3 Å². The number of nitrogens with one attached hydrogen (secondary N) is 2. The van der Waals surface area contributed by atoms with Crippen LogP contribution in [0, 0.1) is 23.2 Å². The fourth-order valence-corrected chi connectivity index (χ4v) is 5.52. The Kier molecular flexibility index (Phi) is 12.1. The van der Waals surface area contributed by atoms with E-state index in [2.05, 4.69) is 27.5 Å². The number of phenolic OH excluding ortho intramolecular Hbond substituents is 1. The molecule has 1 aromatic rings. The smallest absolute Gasteiger partial charge is 0.302 e. The third-order valence-electron chi connectivity index (χ3n) is 8.11. The van der Waals surface area contributed by atoms with Crippen LogP contribution in [0.1, 0.15) is 76.2 Å². The van der Waals surface area contributed by atoms with E-state index in [9.17, 15) is 25.2 Å². The minimum Gasteiger partial charge on any atom is -0.504 e. The van der Waals surface area contributed by atoms with Crippen LogP contribution in [0.4, 0.5) is 0 Å². The highest BCUT2D eigenvalue weighted by molar-refractivity contribution is 5.77. The van der Waals surface area contributed by atoms with Gasteiger partial charge in [-0.25, -0.2) is 0 Å². The second-order valence-corrected chi connectivity index (χ2v) is 11.1. The van der Waals surface area contributed by atoms with Crippen molar-refractivity contribution >= 4 is 11.9 Å². The fourth-order valence-electron chi connectivity index (χ4n) is 5.52. The molecule has 1 aromatic carbocycles. The first-order chi connectivity index (χ1) is 19.6. The molecule has 0 saturated carbocycles. The number of guanidine groups is 1. The molecular formula is C30H46N4O7. The van der Waals surface area contributed by atoms with E-state index in [4.69, 9.17) is 15.2 Å². The summed E-state index contributed by atoms with van der Waals surface area (Å²) in [5, 5.41) is 48.3. The maximum atomic E-state index is 12.1. The van der Waals surface area contributed by atoms with Gasteiger partial charge in [-0.1, -0.05) is 12.8 Å². The van der Waals surface area contributed by atoms with Crippen molar-refractivity contribution in [2.75, 3.05) is 26.7 Å². The van der Waals surface area contributed by atoms with Crippen LogP contribution in [-0.4, -0.2) is 77.3 Å². The van der Waals surface area contributed by atoms with E-state index < -0.39 is 29.9 Å². The van der Waals surface area contributed by atoms with E-state index in [1.54, 1.807) is 13.1 Å². The molecule has 1 aliphatic carbocycles. The average Bonchev–Trinajstić information content (AvgIpc) is 2.94. The van der Waals surface area contributed by atoms with Crippen LogP contribution in [0.3, 0.4) is 0 Å². The lowest BCUT2D eigenvalue weighted by molar-refractivity contribution is -0.151. The maximum absolute atomic E-state index is 12.1. The van der Waals surface area contributed by atoms with Gasteiger partial charge in [0.2, 0.25) is 0 Å². The summed E-state index contributed by atoms with van der Waals surface area (Å²) in [5.41, 5.74) is 6.09. The Morgan fingerprint density at radius 3 is 2.66 bits per heavy atom. The van der Waals surface area contributed by atoms with Crippen LogP contribution in [0.2, 0.25) is 0 Å². The van der Waals surface area contributed by atoms with Gasteiger partial charge in [0.25, 0.3) is 0 Å². The molecule has 0 aromatic heterocycles. The van der Waals surface area contributed by atoms with E-state index in [0.717, 1.165) is 32.4 Å². The lowest BCUT2D eigenvalue weighted by Crippen LogP contribution is -2.41. The van der Waals surface area contributed by atoms with Crippen molar-refractivity contribution in [3.8, 4) is 23.3 Å². The van der Waals surface area contributed by atoms with E-state index in [1.807, 2.05) is 6.92 Å². The van der Waals surface area contributed by atoms with Gasteiger partial charge in [-0.3, -0.25) is 9.79 Å². The van der Waals surface area contributed by atoms with Crippen LogP contribution in [0.25, 0.3) is 0 Å². The minimum atomic E-state index is -1.84. The Hall–Kier alpha value is -3.04. The van der Waals surface area contributed by atoms with Crippen molar-refractivity contribution in [3.05, 3.63) is 23.3 Å². The van der Waals surface area contributed by atoms with E-state index in [0.29, 0.717) is 37.3 Å². The van der Waals surface area contributed by atoms with Crippen molar-refractivity contribution < 1.29 is 34.7 Å². The number of hydrogen-bond acceptors (Lipinski definition) is 9. The predicted molar refractivity (Wildman–Crippen MR) is 155 cm³/mol. The topological polar surface area (TPSA) is 179 Å². The lowest BCUT2D eigenvalue weighted by atomic mass is 9.77. The number of hydrogen-bond donors (Lipinski definition) is 7. The lowest BCUT2D eigenvalue weighted by Gasteiger charge is -2.33. The van der Waals surface area contributed by atoms with E-state index >= 15 is 0 Å². The highest BCUT2D eigenvalue weighted by atomic mass is 16.5. The molecule has 228 valence electrons. The highest BCUT2D eigenvalue weighted by Gasteiger charge is 2.33. The Bertz CT molecular complexity index is 1110. The number of aliphatic hydroxyl groups excluding tert-OH is 2. The van der Waals surface area contributed by atoms with Gasteiger partial charge < -0.3 is 46.3 Å². The zero-order chi connectivity index (χ0) is 30.0.